The molecule has 0 aliphatic rings. The fourth-order valence-electron chi connectivity index (χ4n) is 1.50. The van der Waals surface area contributed by atoms with E-state index in [1.54, 1.807) is 0 Å². The molecule has 0 spiro atoms. The first-order valence-corrected chi connectivity index (χ1v) is 5.58. The van der Waals surface area contributed by atoms with Crippen LogP contribution in [0.3, 0.4) is 0 Å². The highest BCUT2D eigenvalue weighted by Gasteiger charge is 2.07. The second kappa shape index (κ2) is 5.26. The van der Waals surface area contributed by atoms with Gasteiger partial charge in [-0.05, 0) is 6.42 Å². The SMILES string of the molecule is CCCc1cc(=O)[nH]c(NC(=O)n2ccnc2)n1. The van der Waals surface area contributed by atoms with Gasteiger partial charge in [0.05, 0.1) is 0 Å². The molecule has 0 unspecified atom stereocenters. The Morgan fingerprint density at radius 1 is 1.56 bits per heavy atom. The fourth-order valence-corrected chi connectivity index (χ4v) is 1.50. The maximum Gasteiger partial charge on any atom is 0.333 e. The van der Waals surface area contributed by atoms with Crippen molar-refractivity contribution < 1.29 is 4.79 Å². The number of hydrogen-bond donors (Lipinski definition) is 2. The number of aromatic nitrogens is 4. The largest absolute Gasteiger partial charge is 0.333 e. The number of carbonyl (C=O) groups is 1. The van der Waals surface area contributed by atoms with E-state index in [1.165, 1.54) is 29.4 Å². The third kappa shape index (κ3) is 2.82. The first-order chi connectivity index (χ1) is 8.69. The molecule has 18 heavy (non-hydrogen) atoms. The van der Waals surface area contributed by atoms with Crippen molar-refractivity contribution in [1.29, 1.82) is 0 Å². The van der Waals surface area contributed by atoms with Crippen LogP contribution in [0.15, 0.2) is 29.6 Å². The van der Waals surface area contributed by atoms with Crippen molar-refractivity contribution >= 4 is 12.0 Å². The number of aryl methyl sites for hydroxylation is 1. The summed E-state index contributed by atoms with van der Waals surface area (Å²) in [6, 6.07) is 1.00. The molecule has 0 saturated carbocycles. The number of carbonyl (C=O) groups excluding carboxylic acids is 1. The second-order valence-corrected chi connectivity index (χ2v) is 3.74. The second-order valence-electron chi connectivity index (χ2n) is 3.74. The van der Waals surface area contributed by atoms with Crippen molar-refractivity contribution in [3.05, 3.63) is 40.8 Å². The van der Waals surface area contributed by atoms with E-state index in [1.807, 2.05) is 6.92 Å². The molecule has 0 bridgehead atoms. The Kier molecular flexibility index (Phi) is 3.52. The van der Waals surface area contributed by atoms with Gasteiger partial charge >= 0.3 is 6.03 Å². The summed E-state index contributed by atoms with van der Waals surface area (Å²) in [6.45, 7) is 1.99. The quantitative estimate of drug-likeness (QED) is 0.846. The predicted octanol–water partition coefficient (Wildman–Crippen LogP) is 0.999. The number of imidazole rings is 1. The van der Waals surface area contributed by atoms with Gasteiger partial charge in [0.2, 0.25) is 5.95 Å². The fraction of sp³-hybridized carbons (Fsp3) is 0.273. The van der Waals surface area contributed by atoms with Gasteiger partial charge in [0, 0.05) is 24.2 Å². The summed E-state index contributed by atoms with van der Waals surface area (Å²) >= 11 is 0. The molecule has 94 valence electrons. The molecule has 2 rings (SSSR count). The smallest absolute Gasteiger partial charge is 0.292 e. The highest BCUT2D eigenvalue weighted by Crippen LogP contribution is 2.01. The summed E-state index contributed by atoms with van der Waals surface area (Å²) in [5, 5.41) is 2.50. The van der Waals surface area contributed by atoms with E-state index < -0.39 is 6.03 Å². The summed E-state index contributed by atoms with van der Waals surface area (Å²) in [5.74, 6) is 0.143. The normalized spacial score (nSPS) is 10.3. The van der Waals surface area contributed by atoms with E-state index in [0.29, 0.717) is 12.1 Å². The molecule has 7 nitrogen and oxygen atoms in total. The van der Waals surface area contributed by atoms with Crippen LogP contribution in [0.5, 0.6) is 0 Å². The Hall–Kier alpha value is -2.44. The van der Waals surface area contributed by atoms with Crippen molar-refractivity contribution in [1.82, 2.24) is 19.5 Å². The molecule has 0 saturated heterocycles. The van der Waals surface area contributed by atoms with Crippen molar-refractivity contribution in [2.45, 2.75) is 19.8 Å². The molecule has 0 aliphatic carbocycles. The number of nitrogens with one attached hydrogen (secondary N) is 2. The number of rotatable bonds is 3. The van der Waals surface area contributed by atoms with Gasteiger partial charge in [-0.15, -0.1) is 0 Å². The Balaban J connectivity index is 2.18. The van der Waals surface area contributed by atoms with Gasteiger partial charge in [-0.2, -0.15) is 0 Å². The molecule has 0 aromatic carbocycles. The number of H-pyrrole nitrogens is 1. The molecular weight excluding hydrogens is 234 g/mol. The molecular formula is C11H13N5O2. The maximum atomic E-state index is 11.7. The lowest BCUT2D eigenvalue weighted by molar-refractivity contribution is 0.253. The third-order valence-electron chi connectivity index (χ3n) is 2.27. The Morgan fingerprint density at radius 2 is 2.39 bits per heavy atom. The summed E-state index contributed by atoms with van der Waals surface area (Å²) < 4.78 is 1.26. The highest BCUT2D eigenvalue weighted by molar-refractivity contribution is 5.89. The van der Waals surface area contributed by atoms with Crippen LogP contribution in [0.4, 0.5) is 10.7 Å². The van der Waals surface area contributed by atoms with E-state index in [2.05, 4.69) is 20.3 Å². The average molecular weight is 247 g/mol. The van der Waals surface area contributed by atoms with Crippen LogP contribution in [-0.2, 0) is 6.42 Å². The van der Waals surface area contributed by atoms with Crippen LogP contribution in [0.2, 0.25) is 0 Å². The van der Waals surface area contributed by atoms with Crippen LogP contribution in [-0.4, -0.2) is 25.6 Å². The number of amides is 1. The van der Waals surface area contributed by atoms with Crippen LogP contribution in [0.1, 0.15) is 19.0 Å². The van der Waals surface area contributed by atoms with Crippen LogP contribution in [0, 0.1) is 0 Å². The minimum absolute atomic E-state index is 0.143. The molecule has 0 radical (unpaired) electrons. The minimum atomic E-state index is -0.427. The van der Waals surface area contributed by atoms with Gasteiger partial charge < -0.3 is 0 Å². The highest BCUT2D eigenvalue weighted by atomic mass is 16.2. The minimum Gasteiger partial charge on any atom is -0.292 e. The Bertz CT molecular complexity index is 588. The molecule has 0 atom stereocenters. The lowest BCUT2D eigenvalue weighted by Crippen LogP contribution is -2.22. The first-order valence-electron chi connectivity index (χ1n) is 5.58. The molecule has 7 heteroatoms. The van der Waals surface area contributed by atoms with E-state index in [0.717, 1.165) is 6.42 Å². The lowest BCUT2D eigenvalue weighted by Gasteiger charge is -2.05. The standard InChI is InChI=1S/C11H13N5O2/c1-2-3-8-6-9(17)14-10(13-8)15-11(18)16-5-4-12-7-16/h4-7H,2-3H2,1H3,(H2,13,14,15,17,18). The van der Waals surface area contributed by atoms with Gasteiger partial charge in [-0.25, -0.2) is 14.8 Å². The van der Waals surface area contributed by atoms with E-state index in [4.69, 9.17) is 0 Å². The zero-order valence-corrected chi connectivity index (χ0v) is 9.88. The Labute approximate surface area is 103 Å². The molecule has 2 N–H and O–H groups in total. The van der Waals surface area contributed by atoms with Crippen molar-refractivity contribution in [2.75, 3.05) is 5.32 Å². The van der Waals surface area contributed by atoms with Crippen LogP contribution >= 0.6 is 0 Å². The number of hydrogen-bond acceptors (Lipinski definition) is 4. The van der Waals surface area contributed by atoms with E-state index >= 15 is 0 Å². The van der Waals surface area contributed by atoms with Gasteiger partial charge in [-0.1, -0.05) is 13.3 Å². The summed E-state index contributed by atoms with van der Waals surface area (Å²) in [5.41, 5.74) is 0.372. The molecule has 0 aliphatic heterocycles. The van der Waals surface area contributed by atoms with Crippen molar-refractivity contribution in [2.24, 2.45) is 0 Å². The van der Waals surface area contributed by atoms with E-state index in [-0.39, 0.29) is 11.5 Å². The van der Waals surface area contributed by atoms with Crippen molar-refractivity contribution in [3.63, 3.8) is 0 Å². The Morgan fingerprint density at radius 3 is 3.06 bits per heavy atom. The topological polar surface area (TPSA) is 92.7 Å². The summed E-state index contributed by atoms with van der Waals surface area (Å²) in [7, 11) is 0. The van der Waals surface area contributed by atoms with Gasteiger partial charge in [0.1, 0.15) is 6.33 Å². The van der Waals surface area contributed by atoms with Crippen LogP contribution in [0.25, 0.3) is 0 Å². The monoisotopic (exact) mass is 247 g/mol. The van der Waals surface area contributed by atoms with Crippen LogP contribution < -0.4 is 10.9 Å². The van der Waals surface area contributed by atoms with Gasteiger partial charge in [0.15, 0.2) is 0 Å². The molecule has 2 heterocycles. The zero-order chi connectivity index (χ0) is 13.0. The van der Waals surface area contributed by atoms with E-state index in [9.17, 15) is 9.59 Å². The molecule has 0 fully saturated rings. The predicted molar refractivity (Wildman–Crippen MR) is 65.5 cm³/mol. The maximum absolute atomic E-state index is 11.7. The lowest BCUT2D eigenvalue weighted by atomic mass is 10.2. The first kappa shape index (κ1) is 12.0. The summed E-state index contributed by atoms with van der Waals surface area (Å²) in [4.78, 5) is 33.5. The average Bonchev–Trinajstić information content (AvgIpc) is 2.81. The number of anilines is 1. The third-order valence-corrected chi connectivity index (χ3v) is 2.27. The number of aromatic amines is 1. The summed E-state index contributed by atoms with van der Waals surface area (Å²) in [6.07, 6.45) is 5.93. The van der Waals surface area contributed by atoms with Gasteiger partial charge in [0.25, 0.3) is 5.56 Å². The zero-order valence-electron chi connectivity index (χ0n) is 9.88. The van der Waals surface area contributed by atoms with Crippen molar-refractivity contribution in [3.8, 4) is 0 Å². The molecule has 1 amide bonds. The molecule has 2 aromatic rings. The van der Waals surface area contributed by atoms with Gasteiger partial charge in [-0.3, -0.25) is 19.7 Å². The number of nitrogens with zero attached hydrogens (tertiary/aromatic N) is 3. The molecule has 2 aromatic heterocycles.